The summed E-state index contributed by atoms with van der Waals surface area (Å²) in [5.41, 5.74) is 2.39. The van der Waals surface area contributed by atoms with Gasteiger partial charge in [-0.3, -0.25) is 9.59 Å². The highest BCUT2D eigenvalue weighted by atomic mass is 32.2. The first-order valence-corrected chi connectivity index (χ1v) is 11.1. The first-order chi connectivity index (χ1) is 14.6. The van der Waals surface area contributed by atoms with E-state index < -0.39 is 5.92 Å². The standard InChI is InChI=1S/C22H25N3O4S/c1-4-11-30-22-24-20-18(21(27)25-22)16(17-13(23-20)8-6-9-14(17)26)12-7-5-10-15(28-2)19(12)29-3/h5,7,10,16H,4,6,8-9,11H2,1-3H3,(H2,23,24,25,27). The second kappa shape index (κ2) is 8.55. The Morgan fingerprint density at radius 3 is 2.77 bits per heavy atom. The molecule has 1 aromatic heterocycles. The topological polar surface area (TPSA) is 93.3 Å². The highest BCUT2D eigenvalue weighted by molar-refractivity contribution is 7.99. The Morgan fingerprint density at radius 2 is 2.03 bits per heavy atom. The van der Waals surface area contributed by atoms with Crippen molar-refractivity contribution in [1.29, 1.82) is 0 Å². The fourth-order valence-corrected chi connectivity index (χ4v) is 4.88. The fraction of sp³-hybridized carbons (Fsp3) is 0.409. The summed E-state index contributed by atoms with van der Waals surface area (Å²) in [6.07, 6.45) is 2.97. The zero-order chi connectivity index (χ0) is 21.3. The predicted octanol–water partition coefficient (Wildman–Crippen LogP) is 3.85. The maximum Gasteiger partial charge on any atom is 0.257 e. The van der Waals surface area contributed by atoms with Crippen LogP contribution in [0.5, 0.6) is 11.5 Å². The summed E-state index contributed by atoms with van der Waals surface area (Å²) in [6.45, 7) is 2.08. The zero-order valence-electron chi connectivity index (χ0n) is 17.3. The molecule has 0 saturated heterocycles. The van der Waals surface area contributed by atoms with Crippen molar-refractivity contribution in [2.45, 2.75) is 43.7 Å². The van der Waals surface area contributed by atoms with Gasteiger partial charge >= 0.3 is 0 Å². The lowest BCUT2D eigenvalue weighted by molar-refractivity contribution is -0.116. The van der Waals surface area contributed by atoms with E-state index in [9.17, 15) is 9.59 Å². The highest BCUT2D eigenvalue weighted by Crippen LogP contribution is 2.47. The van der Waals surface area contributed by atoms with Gasteiger partial charge in [0.1, 0.15) is 5.82 Å². The minimum atomic E-state index is -0.560. The molecule has 2 N–H and O–H groups in total. The number of hydrogen-bond acceptors (Lipinski definition) is 7. The number of ether oxygens (including phenoxy) is 2. The summed E-state index contributed by atoms with van der Waals surface area (Å²) in [5.74, 6) is 1.94. The van der Waals surface area contributed by atoms with E-state index >= 15 is 0 Å². The van der Waals surface area contributed by atoms with Crippen LogP contribution in [0.1, 0.15) is 49.7 Å². The molecule has 1 aromatic carbocycles. The molecule has 2 heterocycles. The number of thioether (sulfide) groups is 1. The van der Waals surface area contributed by atoms with Crippen LogP contribution in [0.15, 0.2) is 39.4 Å². The van der Waals surface area contributed by atoms with Gasteiger partial charge < -0.3 is 19.8 Å². The lowest BCUT2D eigenvalue weighted by atomic mass is 9.76. The van der Waals surface area contributed by atoms with E-state index in [1.807, 2.05) is 12.1 Å². The lowest BCUT2D eigenvalue weighted by Crippen LogP contribution is -2.33. The summed E-state index contributed by atoms with van der Waals surface area (Å²) in [7, 11) is 3.13. The maximum atomic E-state index is 13.2. The van der Waals surface area contributed by atoms with Gasteiger partial charge in [-0.2, -0.15) is 0 Å². The zero-order valence-corrected chi connectivity index (χ0v) is 18.1. The Labute approximate surface area is 179 Å². The van der Waals surface area contributed by atoms with Crippen LogP contribution in [-0.4, -0.2) is 35.7 Å². The van der Waals surface area contributed by atoms with Crippen LogP contribution in [0.2, 0.25) is 0 Å². The third-order valence-corrected chi connectivity index (χ3v) is 6.50. The van der Waals surface area contributed by atoms with Gasteiger partial charge in [-0.25, -0.2) is 4.98 Å². The summed E-state index contributed by atoms with van der Waals surface area (Å²) >= 11 is 1.51. The molecule has 1 atom stereocenters. The number of nitrogens with zero attached hydrogens (tertiary/aromatic N) is 1. The SMILES string of the molecule is CCCSc1nc2c(c(=O)[nH]1)C(c1cccc(OC)c1OC)C1=C(CCCC1=O)N2. The number of H-pyrrole nitrogens is 1. The number of rotatable bonds is 6. The fourth-order valence-electron chi connectivity index (χ4n) is 4.16. The number of Topliss-reactive ketones (excluding diaryl/α,β-unsaturated/α-hetero) is 1. The highest BCUT2D eigenvalue weighted by Gasteiger charge is 2.39. The van der Waals surface area contributed by atoms with E-state index in [1.165, 1.54) is 11.8 Å². The van der Waals surface area contributed by atoms with Gasteiger partial charge in [0.2, 0.25) is 0 Å². The van der Waals surface area contributed by atoms with Crippen LogP contribution in [0.4, 0.5) is 5.82 Å². The van der Waals surface area contributed by atoms with Gasteiger partial charge in [0.25, 0.3) is 5.56 Å². The number of aromatic amines is 1. The number of aromatic nitrogens is 2. The van der Waals surface area contributed by atoms with Crippen LogP contribution < -0.4 is 20.3 Å². The first-order valence-electron chi connectivity index (χ1n) is 10.1. The molecule has 0 spiro atoms. The maximum absolute atomic E-state index is 13.2. The quantitative estimate of drug-likeness (QED) is 0.534. The molecule has 4 rings (SSSR count). The number of carbonyl (C=O) groups is 1. The van der Waals surface area contributed by atoms with Crippen LogP contribution in [0.25, 0.3) is 0 Å². The van der Waals surface area contributed by atoms with E-state index in [1.54, 1.807) is 20.3 Å². The molecule has 158 valence electrons. The number of para-hydroxylation sites is 1. The van der Waals surface area contributed by atoms with Crippen LogP contribution in [0.3, 0.4) is 0 Å². The molecule has 8 heteroatoms. The van der Waals surface area contributed by atoms with Crippen molar-refractivity contribution in [3.63, 3.8) is 0 Å². The number of nitrogens with one attached hydrogen (secondary N) is 2. The molecule has 0 fully saturated rings. The average molecular weight is 428 g/mol. The molecule has 0 bridgehead atoms. The second-order valence-corrected chi connectivity index (χ2v) is 8.38. The molecule has 7 nitrogen and oxygen atoms in total. The number of methoxy groups -OCH3 is 2. The van der Waals surface area contributed by atoms with Crippen molar-refractivity contribution < 1.29 is 14.3 Å². The normalized spacial score (nSPS) is 17.8. The summed E-state index contributed by atoms with van der Waals surface area (Å²) in [5, 5.41) is 3.87. The summed E-state index contributed by atoms with van der Waals surface area (Å²) < 4.78 is 11.1. The van der Waals surface area contributed by atoms with E-state index in [4.69, 9.17) is 9.47 Å². The van der Waals surface area contributed by atoms with Gasteiger partial charge in [0.15, 0.2) is 22.4 Å². The number of hydrogen-bond donors (Lipinski definition) is 2. The molecule has 0 saturated carbocycles. The molecule has 2 aromatic rings. The third-order valence-electron chi connectivity index (χ3n) is 5.42. The third kappa shape index (κ3) is 3.49. The van der Waals surface area contributed by atoms with Gasteiger partial charge in [-0.05, 0) is 25.3 Å². The minimum absolute atomic E-state index is 0.0492. The molecule has 1 unspecified atom stereocenters. The van der Waals surface area contributed by atoms with Crippen molar-refractivity contribution in [1.82, 2.24) is 9.97 Å². The van der Waals surface area contributed by atoms with Crippen molar-refractivity contribution >= 4 is 23.4 Å². The molecule has 2 aliphatic rings. The number of carbonyl (C=O) groups excluding carboxylic acids is 1. The second-order valence-electron chi connectivity index (χ2n) is 7.29. The number of benzene rings is 1. The first kappa shape index (κ1) is 20.5. The minimum Gasteiger partial charge on any atom is -0.493 e. The molecule has 0 radical (unpaired) electrons. The van der Waals surface area contributed by atoms with Gasteiger partial charge in [-0.15, -0.1) is 0 Å². The lowest BCUT2D eigenvalue weighted by Gasteiger charge is -2.33. The Kier molecular flexibility index (Phi) is 5.85. The average Bonchev–Trinajstić information content (AvgIpc) is 2.75. The smallest absolute Gasteiger partial charge is 0.257 e. The Morgan fingerprint density at radius 1 is 1.20 bits per heavy atom. The molecule has 0 amide bonds. The Balaban J connectivity index is 1.96. The number of fused-ring (bicyclic) bond motifs is 1. The van der Waals surface area contributed by atoms with Crippen LogP contribution in [-0.2, 0) is 4.79 Å². The van der Waals surface area contributed by atoms with Crippen molar-refractivity contribution in [2.24, 2.45) is 0 Å². The molecular weight excluding hydrogens is 402 g/mol. The molecule has 30 heavy (non-hydrogen) atoms. The number of anilines is 1. The van der Waals surface area contributed by atoms with E-state index in [0.717, 1.165) is 36.3 Å². The number of allylic oxidation sites excluding steroid dienone is 2. The van der Waals surface area contributed by atoms with Gasteiger partial charge in [0.05, 0.1) is 25.7 Å². The Bertz CT molecular complexity index is 1080. The predicted molar refractivity (Wildman–Crippen MR) is 117 cm³/mol. The summed E-state index contributed by atoms with van der Waals surface area (Å²) in [6, 6.07) is 5.53. The largest absolute Gasteiger partial charge is 0.493 e. The summed E-state index contributed by atoms with van der Waals surface area (Å²) in [4.78, 5) is 33.8. The number of ketones is 1. The molecular formula is C22H25N3O4S. The van der Waals surface area contributed by atoms with E-state index in [0.29, 0.717) is 40.0 Å². The molecule has 1 aliphatic carbocycles. The molecule has 1 aliphatic heterocycles. The van der Waals surface area contributed by atoms with Crippen molar-refractivity contribution in [3.8, 4) is 11.5 Å². The Hall–Kier alpha value is -2.74. The van der Waals surface area contributed by atoms with Gasteiger partial charge in [0, 0.05) is 29.0 Å². The van der Waals surface area contributed by atoms with Crippen LogP contribution in [0, 0.1) is 0 Å². The van der Waals surface area contributed by atoms with Crippen molar-refractivity contribution in [2.75, 3.05) is 25.3 Å². The van der Waals surface area contributed by atoms with Crippen LogP contribution >= 0.6 is 11.8 Å². The van der Waals surface area contributed by atoms with Gasteiger partial charge in [-0.1, -0.05) is 30.8 Å². The monoisotopic (exact) mass is 427 g/mol. The van der Waals surface area contributed by atoms with Crippen molar-refractivity contribution in [3.05, 3.63) is 50.9 Å². The van der Waals surface area contributed by atoms with E-state index in [2.05, 4.69) is 22.2 Å². The van der Waals surface area contributed by atoms with E-state index in [-0.39, 0.29) is 11.3 Å².